The Labute approximate surface area is 197 Å². The average Bonchev–Trinajstić information content (AvgIpc) is 3.43. The largest absolute Gasteiger partial charge is 0.354 e. The van der Waals surface area contributed by atoms with E-state index in [1.165, 1.54) is 77.0 Å². The van der Waals surface area contributed by atoms with Crippen LogP contribution in [0.1, 0.15) is 11.1 Å². The third-order valence-electron chi connectivity index (χ3n) is 7.24. The van der Waals surface area contributed by atoms with E-state index < -0.39 is 0 Å². The molecule has 5 aromatic carbocycles. The molecule has 34 heavy (non-hydrogen) atoms. The quantitative estimate of drug-likeness (QED) is 0.271. The first-order valence-electron chi connectivity index (χ1n) is 11.8. The Morgan fingerprint density at radius 1 is 0.441 bits per heavy atom. The molecular formula is C32H24N2. The van der Waals surface area contributed by atoms with Crippen LogP contribution in [-0.2, 0) is 0 Å². The first-order valence-corrected chi connectivity index (χ1v) is 11.8. The fourth-order valence-corrected chi connectivity index (χ4v) is 5.67. The van der Waals surface area contributed by atoms with E-state index in [1.54, 1.807) is 0 Å². The van der Waals surface area contributed by atoms with Crippen molar-refractivity contribution in [2.24, 2.45) is 0 Å². The monoisotopic (exact) mass is 436 g/mol. The third kappa shape index (κ3) is 2.57. The predicted molar refractivity (Wildman–Crippen MR) is 146 cm³/mol. The van der Waals surface area contributed by atoms with Crippen LogP contribution in [0.2, 0.25) is 0 Å². The van der Waals surface area contributed by atoms with E-state index in [9.17, 15) is 0 Å². The van der Waals surface area contributed by atoms with Crippen molar-refractivity contribution in [1.82, 2.24) is 9.97 Å². The summed E-state index contributed by atoms with van der Waals surface area (Å²) in [5.74, 6) is 0. The first kappa shape index (κ1) is 19.2. The molecule has 0 unspecified atom stereocenters. The van der Waals surface area contributed by atoms with Gasteiger partial charge in [0.05, 0.1) is 11.0 Å². The second kappa shape index (κ2) is 7.10. The predicted octanol–water partition coefficient (Wildman–Crippen LogP) is 8.91. The molecule has 0 bridgehead atoms. The van der Waals surface area contributed by atoms with Crippen LogP contribution < -0.4 is 0 Å². The van der Waals surface area contributed by atoms with Crippen LogP contribution in [0.3, 0.4) is 0 Å². The number of rotatable bonds is 2. The molecule has 162 valence electrons. The summed E-state index contributed by atoms with van der Waals surface area (Å²) in [5.41, 5.74) is 12.4. The number of hydrogen-bond donors (Lipinski definition) is 2. The van der Waals surface area contributed by atoms with Gasteiger partial charge in [-0.05, 0) is 48.2 Å². The summed E-state index contributed by atoms with van der Waals surface area (Å²) in [6, 6.07) is 34.8. The van der Waals surface area contributed by atoms with E-state index in [0.717, 1.165) is 0 Å². The zero-order chi connectivity index (χ0) is 22.8. The van der Waals surface area contributed by atoms with Crippen molar-refractivity contribution < 1.29 is 0 Å². The highest BCUT2D eigenvalue weighted by atomic mass is 14.7. The van der Waals surface area contributed by atoms with Crippen LogP contribution in [0.25, 0.3) is 65.9 Å². The third-order valence-corrected chi connectivity index (χ3v) is 7.24. The summed E-state index contributed by atoms with van der Waals surface area (Å²) in [6.07, 6.45) is 0. The second-order valence-corrected chi connectivity index (χ2v) is 9.22. The van der Waals surface area contributed by atoms with Gasteiger partial charge in [0.1, 0.15) is 0 Å². The van der Waals surface area contributed by atoms with Crippen LogP contribution in [0, 0.1) is 13.8 Å². The summed E-state index contributed by atoms with van der Waals surface area (Å²) in [6.45, 7) is 4.42. The van der Waals surface area contributed by atoms with Gasteiger partial charge in [-0.15, -0.1) is 0 Å². The van der Waals surface area contributed by atoms with Gasteiger partial charge in [0.25, 0.3) is 0 Å². The van der Waals surface area contributed by atoms with Crippen molar-refractivity contribution >= 4 is 43.6 Å². The lowest BCUT2D eigenvalue weighted by atomic mass is 9.87. The topological polar surface area (TPSA) is 31.6 Å². The van der Waals surface area contributed by atoms with Crippen molar-refractivity contribution in [3.63, 3.8) is 0 Å². The average molecular weight is 437 g/mol. The van der Waals surface area contributed by atoms with Crippen LogP contribution in [0.15, 0.2) is 97.1 Å². The van der Waals surface area contributed by atoms with E-state index in [1.807, 2.05) is 0 Å². The molecule has 0 radical (unpaired) electrons. The zero-order valence-corrected chi connectivity index (χ0v) is 19.2. The van der Waals surface area contributed by atoms with Gasteiger partial charge in [-0.2, -0.15) is 0 Å². The summed E-state index contributed by atoms with van der Waals surface area (Å²) in [4.78, 5) is 7.67. The van der Waals surface area contributed by atoms with Crippen molar-refractivity contribution in [2.45, 2.75) is 13.8 Å². The van der Waals surface area contributed by atoms with Gasteiger partial charge in [-0.25, -0.2) is 0 Å². The van der Waals surface area contributed by atoms with E-state index in [-0.39, 0.29) is 0 Å². The van der Waals surface area contributed by atoms with Gasteiger partial charge in [0.2, 0.25) is 0 Å². The molecule has 2 nitrogen and oxygen atoms in total. The Hall–Kier alpha value is -4.30. The molecule has 0 aliphatic carbocycles. The van der Waals surface area contributed by atoms with Crippen molar-refractivity contribution in [3.8, 4) is 22.3 Å². The van der Waals surface area contributed by atoms with E-state index in [2.05, 4.69) is 121 Å². The van der Waals surface area contributed by atoms with Gasteiger partial charge >= 0.3 is 0 Å². The molecule has 2 aromatic heterocycles. The number of aromatic nitrogens is 2. The normalized spacial score (nSPS) is 11.8. The molecule has 7 aromatic rings. The fourth-order valence-electron chi connectivity index (χ4n) is 5.67. The number of aromatic amines is 2. The van der Waals surface area contributed by atoms with Crippen LogP contribution in [0.4, 0.5) is 0 Å². The van der Waals surface area contributed by atoms with Crippen molar-refractivity contribution in [1.29, 1.82) is 0 Å². The molecule has 0 fully saturated rings. The lowest BCUT2D eigenvalue weighted by Crippen LogP contribution is -1.92. The standard InChI is InChI=1S/C32H24N2/c1-19-11-3-5-13-21(19)27-29-23-15-7-9-17-25(23)34-32(29)28(22-14-6-4-12-20(22)2)30-24-16-8-10-18-26(24)33-31(27)30/h3-18,33-34H,1-2H3. The minimum atomic E-state index is 1.17. The number of aryl methyl sites for hydroxylation is 2. The van der Waals surface area contributed by atoms with Gasteiger partial charge in [-0.1, -0.05) is 84.9 Å². The highest BCUT2D eigenvalue weighted by Gasteiger charge is 2.24. The van der Waals surface area contributed by atoms with Gasteiger partial charge in [0, 0.05) is 43.7 Å². The SMILES string of the molecule is Cc1ccccc1-c1c2[nH]c3ccccc3c2c(-c2ccccc2C)c2[nH]c3ccccc3c12. The van der Waals surface area contributed by atoms with Crippen molar-refractivity contribution in [3.05, 3.63) is 108 Å². The smallest absolute Gasteiger partial charge is 0.0558 e. The number of hydrogen-bond acceptors (Lipinski definition) is 0. The Morgan fingerprint density at radius 2 is 0.824 bits per heavy atom. The molecule has 2 heterocycles. The fraction of sp³-hybridized carbons (Fsp3) is 0.0625. The molecule has 0 aliphatic rings. The van der Waals surface area contributed by atoms with Gasteiger partial charge in [-0.3, -0.25) is 0 Å². The Bertz CT molecular complexity index is 1740. The number of fused-ring (bicyclic) bond motifs is 6. The number of benzene rings is 5. The van der Waals surface area contributed by atoms with Crippen molar-refractivity contribution in [2.75, 3.05) is 0 Å². The summed E-state index contributed by atoms with van der Waals surface area (Å²) in [7, 11) is 0. The number of H-pyrrole nitrogens is 2. The van der Waals surface area contributed by atoms with E-state index in [4.69, 9.17) is 0 Å². The van der Waals surface area contributed by atoms with Crippen LogP contribution in [-0.4, -0.2) is 9.97 Å². The summed E-state index contributed by atoms with van der Waals surface area (Å²) in [5, 5.41) is 5.07. The Kier molecular flexibility index (Phi) is 4.01. The molecular weight excluding hydrogens is 412 g/mol. The minimum Gasteiger partial charge on any atom is -0.354 e. The highest BCUT2D eigenvalue weighted by molar-refractivity contribution is 6.32. The maximum Gasteiger partial charge on any atom is 0.0558 e. The molecule has 0 saturated carbocycles. The Balaban J connectivity index is 1.85. The molecule has 0 amide bonds. The molecule has 7 rings (SSSR count). The molecule has 0 aliphatic heterocycles. The second-order valence-electron chi connectivity index (χ2n) is 9.22. The van der Waals surface area contributed by atoms with E-state index in [0.29, 0.717) is 0 Å². The lowest BCUT2D eigenvalue weighted by Gasteiger charge is -2.16. The first-order chi connectivity index (χ1) is 16.7. The molecule has 0 atom stereocenters. The Morgan fingerprint density at radius 3 is 1.26 bits per heavy atom. The number of nitrogens with one attached hydrogen (secondary N) is 2. The molecule has 2 heteroatoms. The van der Waals surface area contributed by atoms with Crippen LogP contribution in [0.5, 0.6) is 0 Å². The lowest BCUT2D eigenvalue weighted by molar-refractivity contribution is 1.45. The molecule has 2 N–H and O–H groups in total. The van der Waals surface area contributed by atoms with E-state index >= 15 is 0 Å². The molecule has 0 spiro atoms. The maximum absolute atomic E-state index is 3.83. The van der Waals surface area contributed by atoms with Gasteiger partial charge < -0.3 is 9.97 Å². The highest BCUT2D eigenvalue weighted by Crippen LogP contribution is 2.49. The number of para-hydroxylation sites is 2. The van der Waals surface area contributed by atoms with Gasteiger partial charge in [0.15, 0.2) is 0 Å². The zero-order valence-electron chi connectivity index (χ0n) is 19.2. The maximum atomic E-state index is 3.83. The minimum absolute atomic E-state index is 1.17. The summed E-state index contributed by atoms with van der Waals surface area (Å²) >= 11 is 0. The summed E-state index contributed by atoms with van der Waals surface area (Å²) < 4.78 is 0. The molecule has 0 saturated heterocycles. The van der Waals surface area contributed by atoms with Crippen LogP contribution >= 0.6 is 0 Å².